The Hall–Kier alpha value is -0.120. The van der Waals surface area contributed by atoms with Crippen molar-refractivity contribution in [2.45, 2.75) is 25.3 Å². The molecule has 1 atom stereocenters. The van der Waals surface area contributed by atoms with Crippen LogP contribution in [0, 0.1) is 0 Å². The SMILES string of the molecule is C1CCN(CCNC2CC[N]C2)C1. The molecule has 0 bridgehead atoms. The van der Waals surface area contributed by atoms with Gasteiger partial charge in [0.15, 0.2) is 0 Å². The lowest BCUT2D eigenvalue weighted by atomic mass is 10.2. The second-order valence-electron chi connectivity index (χ2n) is 4.12. The Bertz CT molecular complexity index is 121. The van der Waals surface area contributed by atoms with Gasteiger partial charge in [0.1, 0.15) is 0 Å². The predicted octanol–water partition coefficient (Wildman–Crippen LogP) is 0.0485. The third kappa shape index (κ3) is 2.93. The van der Waals surface area contributed by atoms with E-state index in [2.05, 4.69) is 15.5 Å². The van der Waals surface area contributed by atoms with Gasteiger partial charge < -0.3 is 10.2 Å². The van der Waals surface area contributed by atoms with E-state index in [0.29, 0.717) is 6.04 Å². The quantitative estimate of drug-likeness (QED) is 0.665. The smallest absolute Gasteiger partial charge is 0.0288 e. The molecule has 0 spiro atoms. The third-order valence-corrected chi connectivity index (χ3v) is 3.04. The van der Waals surface area contributed by atoms with Gasteiger partial charge in [0.2, 0.25) is 0 Å². The molecule has 1 unspecified atom stereocenters. The Morgan fingerprint density at radius 3 is 2.85 bits per heavy atom. The van der Waals surface area contributed by atoms with Crippen LogP contribution in [0.5, 0.6) is 0 Å². The fourth-order valence-electron chi connectivity index (χ4n) is 2.19. The predicted molar refractivity (Wildman–Crippen MR) is 53.9 cm³/mol. The number of hydrogen-bond donors (Lipinski definition) is 1. The molecule has 75 valence electrons. The average molecular weight is 182 g/mol. The van der Waals surface area contributed by atoms with Crippen LogP contribution >= 0.6 is 0 Å². The van der Waals surface area contributed by atoms with Crippen molar-refractivity contribution in [3.05, 3.63) is 0 Å². The summed E-state index contributed by atoms with van der Waals surface area (Å²) in [5, 5.41) is 7.91. The van der Waals surface area contributed by atoms with Crippen molar-refractivity contribution in [1.82, 2.24) is 15.5 Å². The molecule has 0 saturated carbocycles. The summed E-state index contributed by atoms with van der Waals surface area (Å²) in [6.45, 7) is 7.13. The Balaban J connectivity index is 1.52. The molecule has 0 aromatic heterocycles. The van der Waals surface area contributed by atoms with Gasteiger partial charge in [-0.1, -0.05) is 0 Å². The summed E-state index contributed by atoms with van der Waals surface area (Å²) in [5.74, 6) is 0. The highest BCUT2D eigenvalue weighted by Crippen LogP contribution is 2.06. The summed E-state index contributed by atoms with van der Waals surface area (Å²) >= 11 is 0. The molecule has 0 amide bonds. The molecule has 2 aliphatic heterocycles. The van der Waals surface area contributed by atoms with Gasteiger partial charge in [-0.05, 0) is 32.4 Å². The van der Waals surface area contributed by atoms with Gasteiger partial charge in [-0.25, -0.2) is 5.32 Å². The van der Waals surface area contributed by atoms with E-state index in [1.165, 1.54) is 38.9 Å². The summed E-state index contributed by atoms with van der Waals surface area (Å²) in [6, 6.07) is 0.683. The fraction of sp³-hybridized carbons (Fsp3) is 1.00. The van der Waals surface area contributed by atoms with Crippen molar-refractivity contribution >= 4 is 0 Å². The molecule has 1 radical (unpaired) electrons. The number of likely N-dealkylation sites (tertiary alicyclic amines) is 1. The topological polar surface area (TPSA) is 29.4 Å². The minimum Gasteiger partial charge on any atom is -0.311 e. The maximum atomic E-state index is 4.34. The van der Waals surface area contributed by atoms with Gasteiger partial charge in [0, 0.05) is 32.2 Å². The summed E-state index contributed by atoms with van der Waals surface area (Å²) < 4.78 is 0. The van der Waals surface area contributed by atoms with Crippen LogP contribution in [0.1, 0.15) is 19.3 Å². The Kier molecular flexibility index (Phi) is 3.58. The molecule has 2 heterocycles. The van der Waals surface area contributed by atoms with Crippen LogP contribution in [0.15, 0.2) is 0 Å². The van der Waals surface area contributed by atoms with Gasteiger partial charge >= 0.3 is 0 Å². The van der Waals surface area contributed by atoms with Crippen molar-refractivity contribution in [3.63, 3.8) is 0 Å². The molecule has 2 saturated heterocycles. The second-order valence-corrected chi connectivity index (χ2v) is 4.12. The van der Waals surface area contributed by atoms with Crippen LogP contribution in [0.25, 0.3) is 0 Å². The number of nitrogens with zero attached hydrogens (tertiary/aromatic N) is 2. The summed E-state index contributed by atoms with van der Waals surface area (Å²) in [4.78, 5) is 2.55. The first-order valence-corrected chi connectivity index (χ1v) is 5.54. The first-order chi connectivity index (χ1) is 6.45. The second kappa shape index (κ2) is 4.94. The summed E-state index contributed by atoms with van der Waals surface area (Å²) in [7, 11) is 0. The van der Waals surface area contributed by atoms with Crippen LogP contribution in [-0.4, -0.2) is 50.2 Å². The average Bonchev–Trinajstić information content (AvgIpc) is 2.75. The molecule has 0 aliphatic carbocycles. The first kappa shape index (κ1) is 9.44. The zero-order chi connectivity index (χ0) is 8.93. The minimum atomic E-state index is 0.683. The Labute approximate surface area is 80.9 Å². The highest BCUT2D eigenvalue weighted by Gasteiger charge is 2.15. The fourth-order valence-corrected chi connectivity index (χ4v) is 2.19. The largest absolute Gasteiger partial charge is 0.311 e. The Morgan fingerprint density at radius 1 is 1.31 bits per heavy atom. The molecular weight excluding hydrogens is 162 g/mol. The van der Waals surface area contributed by atoms with E-state index >= 15 is 0 Å². The molecule has 1 N–H and O–H groups in total. The van der Waals surface area contributed by atoms with Crippen molar-refractivity contribution in [3.8, 4) is 0 Å². The van der Waals surface area contributed by atoms with E-state index in [1.54, 1.807) is 0 Å². The maximum absolute atomic E-state index is 4.34. The van der Waals surface area contributed by atoms with E-state index in [9.17, 15) is 0 Å². The molecule has 13 heavy (non-hydrogen) atoms. The van der Waals surface area contributed by atoms with Crippen LogP contribution < -0.4 is 10.6 Å². The van der Waals surface area contributed by atoms with E-state index in [4.69, 9.17) is 0 Å². The third-order valence-electron chi connectivity index (χ3n) is 3.04. The van der Waals surface area contributed by atoms with E-state index in [0.717, 1.165) is 19.6 Å². The first-order valence-electron chi connectivity index (χ1n) is 5.54. The molecule has 2 rings (SSSR count). The van der Waals surface area contributed by atoms with Crippen LogP contribution in [0.4, 0.5) is 0 Å². The molecule has 2 aliphatic rings. The van der Waals surface area contributed by atoms with Crippen molar-refractivity contribution in [1.29, 1.82) is 0 Å². The van der Waals surface area contributed by atoms with E-state index < -0.39 is 0 Å². The highest BCUT2D eigenvalue weighted by molar-refractivity contribution is 4.77. The molecule has 2 fully saturated rings. The Morgan fingerprint density at radius 2 is 2.15 bits per heavy atom. The van der Waals surface area contributed by atoms with E-state index in [-0.39, 0.29) is 0 Å². The van der Waals surface area contributed by atoms with Gasteiger partial charge in [-0.2, -0.15) is 0 Å². The molecule has 3 nitrogen and oxygen atoms in total. The maximum Gasteiger partial charge on any atom is 0.0288 e. The van der Waals surface area contributed by atoms with Gasteiger partial charge in [-0.3, -0.25) is 0 Å². The number of rotatable bonds is 4. The summed E-state index contributed by atoms with van der Waals surface area (Å²) in [6.07, 6.45) is 4.05. The zero-order valence-corrected chi connectivity index (χ0v) is 8.34. The van der Waals surface area contributed by atoms with Gasteiger partial charge in [0.25, 0.3) is 0 Å². The zero-order valence-electron chi connectivity index (χ0n) is 8.34. The molecular formula is C10H20N3. The normalized spacial score (nSPS) is 30.0. The monoisotopic (exact) mass is 182 g/mol. The van der Waals surface area contributed by atoms with Crippen LogP contribution in [-0.2, 0) is 0 Å². The van der Waals surface area contributed by atoms with Crippen molar-refractivity contribution in [2.75, 3.05) is 39.3 Å². The molecule has 0 aromatic carbocycles. The van der Waals surface area contributed by atoms with Gasteiger partial charge in [-0.15, -0.1) is 0 Å². The van der Waals surface area contributed by atoms with Crippen molar-refractivity contribution < 1.29 is 0 Å². The minimum absolute atomic E-state index is 0.683. The highest BCUT2D eigenvalue weighted by atomic mass is 15.2. The molecule has 3 heteroatoms. The summed E-state index contributed by atoms with van der Waals surface area (Å²) in [5.41, 5.74) is 0. The molecule has 0 aromatic rings. The van der Waals surface area contributed by atoms with Crippen LogP contribution in [0.3, 0.4) is 0 Å². The lowest BCUT2D eigenvalue weighted by Gasteiger charge is -2.17. The lowest BCUT2D eigenvalue weighted by Crippen LogP contribution is -2.36. The number of hydrogen-bond acceptors (Lipinski definition) is 2. The standard InChI is InChI=1S/C10H20N3/c1-2-7-13(6-1)8-5-12-10-3-4-11-9-10/h10,12H,1-9H2. The van der Waals surface area contributed by atoms with Crippen molar-refractivity contribution in [2.24, 2.45) is 0 Å². The van der Waals surface area contributed by atoms with Crippen LogP contribution in [0.2, 0.25) is 0 Å². The number of nitrogens with one attached hydrogen (secondary N) is 1. The van der Waals surface area contributed by atoms with Gasteiger partial charge in [0.05, 0.1) is 0 Å². The lowest BCUT2D eigenvalue weighted by molar-refractivity contribution is 0.329. The van der Waals surface area contributed by atoms with E-state index in [1.807, 2.05) is 0 Å².